The van der Waals surface area contributed by atoms with Crippen LogP contribution in [0.25, 0.3) is 0 Å². The number of rotatable bonds is 7. The third-order valence-corrected chi connectivity index (χ3v) is 4.07. The zero-order valence-corrected chi connectivity index (χ0v) is 14.9. The first-order valence-electron chi connectivity index (χ1n) is 8.49. The number of aliphatic imine (C=N–C) groups is 1. The molecule has 0 aliphatic rings. The molecule has 2 rings (SSSR count). The average Bonchev–Trinajstić information content (AvgIpc) is 3.13. The molecule has 142 valence electrons. The van der Waals surface area contributed by atoms with E-state index in [0.717, 1.165) is 6.07 Å². The van der Waals surface area contributed by atoms with Gasteiger partial charge >= 0.3 is 6.18 Å². The van der Waals surface area contributed by atoms with Gasteiger partial charge in [-0.1, -0.05) is 25.1 Å². The second kappa shape index (κ2) is 9.26. The SMILES string of the molecule is CN=C(NCCC(C)c1cccc(C(F)(F)F)c1)NCCn1cccn1. The molecule has 5 nitrogen and oxygen atoms in total. The Bertz CT molecular complexity index is 695. The Kier molecular flexibility index (Phi) is 7.06. The molecule has 1 atom stereocenters. The summed E-state index contributed by atoms with van der Waals surface area (Å²) in [5.41, 5.74) is 0.0779. The number of aromatic nitrogens is 2. The zero-order chi connectivity index (χ0) is 19.0. The van der Waals surface area contributed by atoms with Gasteiger partial charge < -0.3 is 10.6 Å². The second-order valence-corrected chi connectivity index (χ2v) is 6.01. The summed E-state index contributed by atoms with van der Waals surface area (Å²) in [7, 11) is 1.68. The first-order chi connectivity index (χ1) is 12.4. The van der Waals surface area contributed by atoms with E-state index in [1.54, 1.807) is 19.3 Å². The van der Waals surface area contributed by atoms with Gasteiger partial charge in [0, 0.05) is 32.5 Å². The summed E-state index contributed by atoms with van der Waals surface area (Å²) in [6.45, 7) is 3.92. The van der Waals surface area contributed by atoms with E-state index < -0.39 is 11.7 Å². The molecule has 0 spiro atoms. The summed E-state index contributed by atoms with van der Waals surface area (Å²) < 4.78 is 40.3. The van der Waals surface area contributed by atoms with Crippen molar-refractivity contribution >= 4 is 5.96 Å². The molecular weight excluding hydrogens is 343 g/mol. The Hall–Kier alpha value is -2.51. The normalized spacial score (nSPS) is 13.5. The molecule has 0 saturated carbocycles. The van der Waals surface area contributed by atoms with Gasteiger partial charge in [-0.25, -0.2) is 0 Å². The standard InChI is InChI=1S/C18H24F3N5/c1-14(15-5-3-6-16(13-15)18(19,20)21)7-9-23-17(22-2)24-10-12-26-11-4-8-25-26/h3-6,8,11,13-14H,7,9-10,12H2,1-2H3,(H2,22,23,24). The predicted molar refractivity (Wildman–Crippen MR) is 96.1 cm³/mol. The Morgan fingerprint density at radius 1 is 1.23 bits per heavy atom. The number of halogens is 3. The maximum atomic E-state index is 12.8. The molecule has 0 saturated heterocycles. The molecule has 0 amide bonds. The maximum Gasteiger partial charge on any atom is 0.416 e. The first kappa shape index (κ1) is 19.8. The first-order valence-corrected chi connectivity index (χ1v) is 8.49. The van der Waals surface area contributed by atoms with Crippen LogP contribution in [0.15, 0.2) is 47.7 Å². The molecule has 0 fully saturated rings. The van der Waals surface area contributed by atoms with E-state index in [-0.39, 0.29) is 5.92 Å². The van der Waals surface area contributed by atoms with E-state index in [4.69, 9.17) is 0 Å². The van der Waals surface area contributed by atoms with Crippen LogP contribution in [-0.4, -0.2) is 35.9 Å². The largest absolute Gasteiger partial charge is 0.416 e. The van der Waals surface area contributed by atoms with Crippen LogP contribution < -0.4 is 10.6 Å². The van der Waals surface area contributed by atoms with Gasteiger partial charge in [0.25, 0.3) is 0 Å². The summed E-state index contributed by atoms with van der Waals surface area (Å²) in [6.07, 6.45) is -0.00740. The van der Waals surface area contributed by atoms with Gasteiger partial charge in [0.15, 0.2) is 5.96 Å². The van der Waals surface area contributed by atoms with Crippen molar-refractivity contribution in [1.82, 2.24) is 20.4 Å². The minimum absolute atomic E-state index is 0.00646. The molecule has 1 aromatic carbocycles. The molecule has 0 radical (unpaired) electrons. The lowest BCUT2D eigenvalue weighted by Gasteiger charge is -2.16. The van der Waals surface area contributed by atoms with Crippen LogP contribution >= 0.6 is 0 Å². The van der Waals surface area contributed by atoms with Gasteiger partial charge in [0.05, 0.1) is 12.1 Å². The number of benzene rings is 1. The minimum atomic E-state index is -4.31. The molecule has 1 heterocycles. The summed E-state index contributed by atoms with van der Waals surface area (Å²) in [4.78, 5) is 4.14. The van der Waals surface area contributed by atoms with Crippen molar-refractivity contribution in [2.45, 2.75) is 32.0 Å². The van der Waals surface area contributed by atoms with Crippen molar-refractivity contribution in [1.29, 1.82) is 0 Å². The molecular formula is C18H24F3N5. The summed E-state index contributed by atoms with van der Waals surface area (Å²) >= 11 is 0. The average molecular weight is 367 g/mol. The molecule has 1 unspecified atom stereocenters. The summed E-state index contributed by atoms with van der Waals surface area (Å²) in [6, 6.07) is 7.37. The Morgan fingerprint density at radius 3 is 2.65 bits per heavy atom. The number of alkyl halides is 3. The van der Waals surface area contributed by atoms with Crippen LogP contribution in [0.2, 0.25) is 0 Å². The number of nitrogens with zero attached hydrogens (tertiary/aromatic N) is 3. The fraction of sp³-hybridized carbons (Fsp3) is 0.444. The quantitative estimate of drug-likeness (QED) is 0.583. The van der Waals surface area contributed by atoms with Gasteiger partial charge in [0.2, 0.25) is 0 Å². The lowest BCUT2D eigenvalue weighted by molar-refractivity contribution is -0.137. The number of guanidine groups is 1. The van der Waals surface area contributed by atoms with Gasteiger partial charge in [-0.05, 0) is 30.0 Å². The fourth-order valence-electron chi connectivity index (χ4n) is 2.54. The lowest BCUT2D eigenvalue weighted by atomic mass is 9.96. The highest BCUT2D eigenvalue weighted by Gasteiger charge is 2.30. The summed E-state index contributed by atoms with van der Waals surface area (Å²) in [5, 5.41) is 10.5. The smallest absolute Gasteiger partial charge is 0.356 e. The highest BCUT2D eigenvalue weighted by Crippen LogP contribution is 2.31. The Labute approximate surface area is 151 Å². The van der Waals surface area contributed by atoms with Crippen molar-refractivity contribution in [3.8, 4) is 0 Å². The predicted octanol–water partition coefficient (Wildman–Crippen LogP) is 3.26. The van der Waals surface area contributed by atoms with Crippen LogP contribution in [-0.2, 0) is 12.7 Å². The van der Waals surface area contributed by atoms with E-state index >= 15 is 0 Å². The monoisotopic (exact) mass is 367 g/mol. The second-order valence-electron chi connectivity index (χ2n) is 6.01. The minimum Gasteiger partial charge on any atom is -0.356 e. The fourth-order valence-corrected chi connectivity index (χ4v) is 2.54. The third kappa shape index (κ3) is 6.09. The van der Waals surface area contributed by atoms with Gasteiger partial charge in [0.1, 0.15) is 0 Å². The molecule has 0 aliphatic heterocycles. The van der Waals surface area contributed by atoms with Crippen LogP contribution in [0.3, 0.4) is 0 Å². The number of hydrogen-bond donors (Lipinski definition) is 2. The van der Waals surface area contributed by atoms with E-state index in [9.17, 15) is 13.2 Å². The molecule has 0 bridgehead atoms. The van der Waals surface area contributed by atoms with Crippen LogP contribution in [0.1, 0.15) is 30.4 Å². The van der Waals surface area contributed by atoms with Crippen molar-refractivity contribution in [2.24, 2.45) is 4.99 Å². The van der Waals surface area contributed by atoms with Crippen molar-refractivity contribution in [3.63, 3.8) is 0 Å². The van der Waals surface area contributed by atoms with E-state index in [1.165, 1.54) is 12.1 Å². The molecule has 1 aromatic heterocycles. The topological polar surface area (TPSA) is 54.2 Å². The molecule has 2 N–H and O–H groups in total. The van der Waals surface area contributed by atoms with E-state index in [1.807, 2.05) is 23.9 Å². The zero-order valence-electron chi connectivity index (χ0n) is 14.9. The molecule has 0 aliphatic carbocycles. The van der Waals surface area contributed by atoms with Crippen LogP contribution in [0.5, 0.6) is 0 Å². The van der Waals surface area contributed by atoms with E-state index in [2.05, 4.69) is 20.7 Å². The van der Waals surface area contributed by atoms with Crippen LogP contribution in [0.4, 0.5) is 13.2 Å². The highest BCUT2D eigenvalue weighted by atomic mass is 19.4. The number of nitrogens with one attached hydrogen (secondary N) is 2. The highest BCUT2D eigenvalue weighted by molar-refractivity contribution is 5.79. The van der Waals surface area contributed by atoms with Gasteiger partial charge in [-0.3, -0.25) is 9.67 Å². The molecule has 2 aromatic rings. The van der Waals surface area contributed by atoms with Gasteiger partial charge in [-0.15, -0.1) is 0 Å². The Morgan fingerprint density at radius 2 is 2.00 bits per heavy atom. The van der Waals surface area contributed by atoms with Crippen molar-refractivity contribution in [3.05, 3.63) is 53.9 Å². The van der Waals surface area contributed by atoms with Crippen molar-refractivity contribution < 1.29 is 13.2 Å². The van der Waals surface area contributed by atoms with Crippen LogP contribution in [0, 0.1) is 0 Å². The van der Waals surface area contributed by atoms with Gasteiger partial charge in [-0.2, -0.15) is 18.3 Å². The number of hydrogen-bond acceptors (Lipinski definition) is 2. The van der Waals surface area contributed by atoms with E-state index in [0.29, 0.717) is 37.6 Å². The van der Waals surface area contributed by atoms with Crippen molar-refractivity contribution in [2.75, 3.05) is 20.1 Å². The third-order valence-electron chi connectivity index (χ3n) is 4.07. The lowest BCUT2D eigenvalue weighted by Crippen LogP contribution is -2.39. The Balaban J connectivity index is 1.76. The molecule has 26 heavy (non-hydrogen) atoms. The molecule has 8 heteroatoms. The maximum absolute atomic E-state index is 12.8. The summed E-state index contributed by atoms with van der Waals surface area (Å²) in [5.74, 6) is 0.667.